The van der Waals surface area contributed by atoms with Crippen molar-refractivity contribution in [1.29, 1.82) is 0 Å². The Morgan fingerprint density at radius 1 is 1.12 bits per heavy atom. The van der Waals surface area contributed by atoms with E-state index in [4.69, 9.17) is 15.2 Å². The molecule has 8 atom stereocenters. The number of ether oxygens (including phenoxy) is 2. The van der Waals surface area contributed by atoms with Gasteiger partial charge in [-0.3, -0.25) is 9.79 Å². The van der Waals surface area contributed by atoms with Crippen molar-refractivity contribution in [2.24, 2.45) is 51.1 Å². The fraction of sp³-hybridized carbons (Fsp3) is 0.857. The number of hydrogen-bond acceptors (Lipinski definition) is 6. The summed E-state index contributed by atoms with van der Waals surface area (Å²) in [5, 5.41) is 10.8. The minimum atomic E-state index is -0.537. The van der Waals surface area contributed by atoms with Gasteiger partial charge >= 0.3 is 0 Å². The molecule has 0 saturated heterocycles. The smallest absolute Gasteiger partial charge is 0.157 e. The van der Waals surface area contributed by atoms with Gasteiger partial charge in [0, 0.05) is 19.2 Å². The van der Waals surface area contributed by atoms with Crippen LogP contribution in [-0.4, -0.2) is 49.6 Å². The van der Waals surface area contributed by atoms with E-state index in [0.717, 1.165) is 45.1 Å². The molecule has 4 aliphatic carbocycles. The first kappa shape index (κ1) is 25.7. The van der Waals surface area contributed by atoms with Crippen molar-refractivity contribution in [2.75, 3.05) is 26.9 Å². The zero-order valence-electron chi connectivity index (χ0n) is 21.7. The van der Waals surface area contributed by atoms with Crippen LogP contribution in [0, 0.1) is 40.4 Å². The number of rotatable bonds is 8. The van der Waals surface area contributed by atoms with Gasteiger partial charge in [-0.1, -0.05) is 6.92 Å². The summed E-state index contributed by atoms with van der Waals surface area (Å²) in [7, 11) is 1.84. The molecule has 4 fully saturated rings. The summed E-state index contributed by atoms with van der Waals surface area (Å²) < 4.78 is 11.3. The van der Waals surface area contributed by atoms with Gasteiger partial charge in [-0.15, -0.1) is 0 Å². The number of Topliss-reactive ketones (excluding diaryl/α,β-unsaturated/α-hetero) is 1. The van der Waals surface area contributed by atoms with E-state index in [-0.39, 0.29) is 29.1 Å². The van der Waals surface area contributed by atoms with Crippen molar-refractivity contribution in [1.82, 2.24) is 0 Å². The summed E-state index contributed by atoms with van der Waals surface area (Å²) in [6.45, 7) is 7.85. The molecule has 0 spiro atoms. The molecule has 0 heterocycles. The van der Waals surface area contributed by atoms with Gasteiger partial charge in [0.25, 0.3) is 0 Å². The lowest BCUT2D eigenvalue weighted by atomic mass is 9.43. The van der Waals surface area contributed by atoms with Crippen LogP contribution in [0.2, 0.25) is 0 Å². The number of nitrogens with two attached hydrogens (primary N) is 1. The summed E-state index contributed by atoms with van der Waals surface area (Å²) >= 11 is 0. The number of ketones is 1. The van der Waals surface area contributed by atoms with E-state index in [2.05, 4.69) is 11.9 Å². The Morgan fingerprint density at radius 3 is 2.62 bits per heavy atom. The number of carbonyl (C=O) groups is 1. The predicted molar refractivity (Wildman–Crippen MR) is 134 cm³/mol. The molecule has 0 aromatic heterocycles. The van der Waals surface area contributed by atoms with E-state index < -0.39 is 5.60 Å². The topological polar surface area (TPSA) is 94.1 Å². The lowest BCUT2D eigenvalue weighted by molar-refractivity contribution is -0.175. The van der Waals surface area contributed by atoms with Crippen LogP contribution in [0.3, 0.4) is 0 Å². The first-order valence-corrected chi connectivity index (χ1v) is 13.5. The van der Waals surface area contributed by atoms with Crippen LogP contribution in [0.4, 0.5) is 0 Å². The third kappa shape index (κ3) is 4.45. The van der Waals surface area contributed by atoms with Gasteiger partial charge in [0.1, 0.15) is 0 Å². The first-order valence-electron chi connectivity index (χ1n) is 13.5. The van der Waals surface area contributed by atoms with Crippen LogP contribution < -0.4 is 5.73 Å². The largest absolute Gasteiger partial charge is 0.491 e. The number of aliphatic imine (C=N–C) groups is 1. The van der Waals surface area contributed by atoms with Gasteiger partial charge in [0.15, 0.2) is 11.5 Å². The zero-order valence-corrected chi connectivity index (χ0v) is 21.7. The average molecular weight is 475 g/mol. The highest BCUT2D eigenvalue weighted by atomic mass is 16.5. The van der Waals surface area contributed by atoms with Gasteiger partial charge in [-0.05, 0) is 106 Å². The molecule has 4 saturated carbocycles. The van der Waals surface area contributed by atoms with Crippen LogP contribution in [0.5, 0.6) is 0 Å². The Kier molecular flexibility index (Phi) is 7.50. The van der Waals surface area contributed by atoms with E-state index in [1.54, 1.807) is 6.21 Å². The second-order valence-electron chi connectivity index (χ2n) is 12.1. The normalized spacial score (nSPS) is 44.4. The predicted octanol–water partition coefficient (Wildman–Crippen LogP) is 4.50. The molecule has 0 aromatic carbocycles. The highest BCUT2D eigenvalue weighted by Crippen LogP contribution is 2.68. The van der Waals surface area contributed by atoms with E-state index in [1.807, 2.05) is 21.0 Å². The van der Waals surface area contributed by atoms with Crippen LogP contribution in [0.15, 0.2) is 17.0 Å². The number of nitrogens with zero attached hydrogens (tertiary/aromatic N) is 1. The molecule has 34 heavy (non-hydrogen) atoms. The van der Waals surface area contributed by atoms with Crippen molar-refractivity contribution in [3.05, 3.63) is 12.0 Å². The Bertz CT molecular complexity index is 808. The minimum Gasteiger partial charge on any atom is -0.491 e. The molecule has 192 valence electrons. The van der Waals surface area contributed by atoms with Crippen molar-refractivity contribution >= 4 is 12.0 Å². The summed E-state index contributed by atoms with van der Waals surface area (Å²) in [6, 6.07) is 0. The van der Waals surface area contributed by atoms with Gasteiger partial charge in [0.05, 0.1) is 31.6 Å². The molecule has 0 unspecified atom stereocenters. The van der Waals surface area contributed by atoms with Crippen molar-refractivity contribution in [2.45, 2.75) is 84.2 Å². The standard InChI is InChI=1S/C28H46N2O4/c1-5-34-20(15-29)16-30-17-25(31)24-9-8-22-21-7-6-19-14-26(2,32)12-13-28(19,18-33-4)23(21)10-11-27(22,24)3/h15-16,19,21-24,32H,5-14,17-18,29H2,1-4H3/t19-,21+,22+,23+,24-,26-,27+,28-/m1/s1. The Labute approximate surface area is 205 Å². The fourth-order valence-corrected chi connectivity index (χ4v) is 8.94. The fourth-order valence-electron chi connectivity index (χ4n) is 8.94. The number of aliphatic hydroxyl groups is 1. The van der Waals surface area contributed by atoms with Crippen molar-refractivity contribution in [3.8, 4) is 0 Å². The lowest BCUT2D eigenvalue weighted by Crippen LogP contribution is -2.58. The highest BCUT2D eigenvalue weighted by Gasteiger charge is 2.63. The van der Waals surface area contributed by atoms with Crippen LogP contribution in [-0.2, 0) is 14.3 Å². The third-order valence-electron chi connectivity index (χ3n) is 10.4. The Balaban J connectivity index is 1.49. The SMILES string of the molecule is CCOC(C=NCC(=O)[C@H]1CC[C@H]2[C@@H]3CC[C@@H]4C[C@](C)(O)CC[C@]4(COC)[C@H]3CC[C@]12C)=CN. The third-order valence-corrected chi connectivity index (χ3v) is 10.4. The molecule has 0 aliphatic heterocycles. The van der Waals surface area contributed by atoms with Crippen LogP contribution in [0.1, 0.15) is 78.6 Å². The van der Waals surface area contributed by atoms with E-state index in [1.165, 1.54) is 25.5 Å². The zero-order chi connectivity index (χ0) is 24.6. The molecule has 0 aromatic rings. The summed E-state index contributed by atoms with van der Waals surface area (Å²) in [5.41, 5.74) is 5.30. The molecule has 0 amide bonds. The number of carbonyl (C=O) groups excluding carboxylic acids is 1. The number of allylic oxidation sites excluding steroid dienone is 1. The summed E-state index contributed by atoms with van der Waals surface area (Å²) in [5.74, 6) is 3.33. The Morgan fingerprint density at radius 2 is 1.91 bits per heavy atom. The first-order chi connectivity index (χ1) is 16.2. The monoisotopic (exact) mass is 474 g/mol. The van der Waals surface area contributed by atoms with Gasteiger partial charge in [-0.25, -0.2) is 0 Å². The maximum absolute atomic E-state index is 13.3. The minimum absolute atomic E-state index is 0.0709. The molecule has 6 heteroatoms. The van der Waals surface area contributed by atoms with E-state index in [0.29, 0.717) is 36.0 Å². The van der Waals surface area contributed by atoms with Gasteiger partial charge < -0.3 is 20.3 Å². The lowest BCUT2D eigenvalue weighted by Gasteiger charge is -2.62. The van der Waals surface area contributed by atoms with Crippen LogP contribution >= 0.6 is 0 Å². The molecule has 4 rings (SSSR count). The number of methoxy groups -OCH3 is 1. The van der Waals surface area contributed by atoms with E-state index >= 15 is 0 Å². The number of hydrogen-bond donors (Lipinski definition) is 2. The average Bonchev–Trinajstić information content (AvgIpc) is 3.16. The van der Waals surface area contributed by atoms with E-state index in [9.17, 15) is 9.90 Å². The molecular weight excluding hydrogens is 428 g/mol. The quantitative estimate of drug-likeness (QED) is 0.399. The second kappa shape index (κ2) is 9.93. The molecule has 6 nitrogen and oxygen atoms in total. The van der Waals surface area contributed by atoms with Gasteiger partial charge in [0.2, 0.25) is 0 Å². The second-order valence-corrected chi connectivity index (χ2v) is 12.1. The highest BCUT2D eigenvalue weighted by molar-refractivity contribution is 5.86. The molecule has 0 radical (unpaired) electrons. The van der Waals surface area contributed by atoms with Crippen molar-refractivity contribution < 1.29 is 19.4 Å². The molecule has 3 N–H and O–H groups in total. The maximum atomic E-state index is 13.3. The van der Waals surface area contributed by atoms with Crippen LogP contribution in [0.25, 0.3) is 0 Å². The maximum Gasteiger partial charge on any atom is 0.157 e. The molecular formula is C28H46N2O4. The van der Waals surface area contributed by atoms with Crippen molar-refractivity contribution in [3.63, 3.8) is 0 Å². The van der Waals surface area contributed by atoms with Gasteiger partial charge in [-0.2, -0.15) is 0 Å². The molecule has 0 bridgehead atoms. The number of fused-ring (bicyclic) bond motifs is 5. The Hall–Kier alpha value is -1.40. The summed E-state index contributed by atoms with van der Waals surface area (Å²) in [4.78, 5) is 17.7. The molecule has 4 aliphatic rings. The summed E-state index contributed by atoms with van der Waals surface area (Å²) in [6.07, 6.45) is 12.7.